The summed E-state index contributed by atoms with van der Waals surface area (Å²) in [5, 5.41) is 4.24. The third-order valence-corrected chi connectivity index (χ3v) is 6.00. The zero-order valence-electron chi connectivity index (χ0n) is 18.9. The molecular weight excluding hydrogens is 356 g/mol. The maximum atomic E-state index is 12.4. The molecule has 0 atom stereocenters. The van der Waals surface area contributed by atoms with E-state index in [2.05, 4.69) is 69.3 Å². The molecule has 0 fully saturated rings. The van der Waals surface area contributed by atoms with E-state index in [-0.39, 0.29) is 11.9 Å². The number of benzene rings is 2. The average Bonchev–Trinajstić information content (AvgIpc) is 3.03. The zero-order chi connectivity index (χ0) is 21.5. The van der Waals surface area contributed by atoms with Gasteiger partial charge in [0.2, 0.25) is 5.91 Å². The van der Waals surface area contributed by atoms with Crippen LogP contribution in [0.3, 0.4) is 0 Å². The molecule has 1 heterocycles. The summed E-state index contributed by atoms with van der Waals surface area (Å²) in [4.78, 5) is 15.7. The van der Waals surface area contributed by atoms with Gasteiger partial charge in [-0.1, -0.05) is 6.07 Å². The van der Waals surface area contributed by atoms with E-state index in [1.807, 2.05) is 26.8 Å². The van der Waals surface area contributed by atoms with Gasteiger partial charge in [0.25, 0.3) is 0 Å². The van der Waals surface area contributed by atoms with Gasteiger partial charge in [-0.25, -0.2) is 0 Å². The molecule has 0 saturated carbocycles. The molecule has 0 radical (unpaired) electrons. The van der Waals surface area contributed by atoms with Crippen LogP contribution in [0.25, 0.3) is 28.1 Å². The molecule has 3 aromatic rings. The first-order valence-corrected chi connectivity index (χ1v) is 10.3. The highest BCUT2D eigenvalue weighted by Crippen LogP contribution is 2.36. The van der Waals surface area contributed by atoms with Gasteiger partial charge in [0.1, 0.15) is 0 Å². The van der Waals surface area contributed by atoms with Crippen molar-refractivity contribution < 1.29 is 4.79 Å². The van der Waals surface area contributed by atoms with Crippen LogP contribution in [-0.4, -0.2) is 16.9 Å². The molecule has 2 aromatic carbocycles. The van der Waals surface area contributed by atoms with E-state index >= 15 is 0 Å². The van der Waals surface area contributed by atoms with E-state index < -0.39 is 0 Å². The molecular formula is C26H32N2O. The minimum atomic E-state index is -0.00781. The van der Waals surface area contributed by atoms with E-state index in [1.54, 1.807) is 0 Å². The fourth-order valence-electron chi connectivity index (χ4n) is 4.06. The van der Waals surface area contributed by atoms with Crippen molar-refractivity contribution in [2.24, 2.45) is 0 Å². The van der Waals surface area contributed by atoms with E-state index in [0.29, 0.717) is 0 Å². The number of aromatic amines is 1. The molecule has 1 aromatic heterocycles. The van der Waals surface area contributed by atoms with Crippen LogP contribution in [0.1, 0.15) is 54.2 Å². The topological polar surface area (TPSA) is 44.9 Å². The van der Waals surface area contributed by atoms with Gasteiger partial charge < -0.3 is 10.3 Å². The van der Waals surface area contributed by atoms with Crippen molar-refractivity contribution in [1.82, 2.24) is 10.3 Å². The van der Waals surface area contributed by atoms with Gasteiger partial charge in [0.05, 0.1) is 0 Å². The van der Waals surface area contributed by atoms with E-state index in [0.717, 1.165) is 11.1 Å². The number of nitrogens with one attached hydrogen (secondary N) is 2. The van der Waals surface area contributed by atoms with Gasteiger partial charge in [-0.05, 0) is 118 Å². The number of rotatable bonds is 4. The Hall–Kier alpha value is -2.81. The minimum Gasteiger partial charge on any atom is -0.361 e. The number of H-pyrrole nitrogens is 1. The number of aromatic nitrogens is 1. The van der Waals surface area contributed by atoms with Crippen molar-refractivity contribution in [3.05, 3.63) is 63.3 Å². The normalized spacial score (nSPS) is 12.1. The summed E-state index contributed by atoms with van der Waals surface area (Å²) in [5.41, 5.74) is 11.8. The molecule has 0 aliphatic carbocycles. The van der Waals surface area contributed by atoms with Gasteiger partial charge in [-0.15, -0.1) is 0 Å². The lowest BCUT2D eigenvalue weighted by atomic mass is 9.85. The monoisotopic (exact) mass is 388 g/mol. The standard InChI is InChI=1S/C26H32N2O/c1-14(2)28-26(29)15(3)11-23-17(5)19(7)25(20(8)18(23)6)21-9-10-24-22(12-21)16(4)13-27-24/h9-14,27H,1-8H3,(H,28,29)/b15-11+. The van der Waals surface area contributed by atoms with Crippen molar-refractivity contribution >= 4 is 22.9 Å². The number of hydrogen-bond donors (Lipinski definition) is 2. The average molecular weight is 389 g/mol. The van der Waals surface area contributed by atoms with Crippen molar-refractivity contribution in [2.45, 2.75) is 61.4 Å². The number of amides is 1. The lowest BCUT2D eigenvalue weighted by Crippen LogP contribution is -2.30. The Morgan fingerprint density at radius 1 is 1.00 bits per heavy atom. The molecule has 0 aliphatic rings. The van der Waals surface area contributed by atoms with Crippen LogP contribution in [0, 0.1) is 34.6 Å². The molecule has 0 aliphatic heterocycles. The Balaban J connectivity index is 2.15. The number of carbonyl (C=O) groups is 1. The molecule has 1 amide bonds. The second-order valence-corrected chi connectivity index (χ2v) is 8.48. The van der Waals surface area contributed by atoms with E-state index in [9.17, 15) is 4.79 Å². The Kier molecular flexibility index (Phi) is 5.70. The van der Waals surface area contributed by atoms with Crippen molar-refractivity contribution in [3.8, 4) is 11.1 Å². The van der Waals surface area contributed by atoms with Gasteiger partial charge in [0, 0.05) is 28.7 Å². The Bertz CT molecular complexity index is 1100. The summed E-state index contributed by atoms with van der Waals surface area (Å²) >= 11 is 0. The Morgan fingerprint density at radius 3 is 2.21 bits per heavy atom. The smallest absolute Gasteiger partial charge is 0.247 e. The van der Waals surface area contributed by atoms with Crippen LogP contribution in [0.4, 0.5) is 0 Å². The highest BCUT2D eigenvalue weighted by Gasteiger charge is 2.17. The lowest BCUT2D eigenvalue weighted by molar-refractivity contribution is -0.117. The molecule has 29 heavy (non-hydrogen) atoms. The number of carbonyl (C=O) groups excluding carboxylic acids is 1. The summed E-state index contributed by atoms with van der Waals surface area (Å²) in [7, 11) is 0. The van der Waals surface area contributed by atoms with Crippen molar-refractivity contribution in [1.29, 1.82) is 0 Å². The van der Waals surface area contributed by atoms with Crippen LogP contribution >= 0.6 is 0 Å². The summed E-state index contributed by atoms with van der Waals surface area (Å²) in [6, 6.07) is 6.77. The molecule has 0 unspecified atom stereocenters. The quantitative estimate of drug-likeness (QED) is 0.506. The van der Waals surface area contributed by atoms with Crippen LogP contribution in [0.2, 0.25) is 0 Å². The maximum absolute atomic E-state index is 12.4. The molecule has 0 spiro atoms. The summed E-state index contributed by atoms with van der Waals surface area (Å²) in [6.45, 7) is 16.7. The summed E-state index contributed by atoms with van der Waals surface area (Å²) in [6.07, 6.45) is 4.09. The van der Waals surface area contributed by atoms with Gasteiger partial charge in [-0.2, -0.15) is 0 Å². The minimum absolute atomic E-state index is 0.00781. The lowest BCUT2D eigenvalue weighted by Gasteiger charge is -2.20. The van der Waals surface area contributed by atoms with Crippen molar-refractivity contribution in [2.75, 3.05) is 0 Å². The van der Waals surface area contributed by atoms with E-state index in [1.165, 1.54) is 49.8 Å². The van der Waals surface area contributed by atoms with Gasteiger partial charge >= 0.3 is 0 Å². The van der Waals surface area contributed by atoms with Gasteiger partial charge in [0.15, 0.2) is 0 Å². The highest BCUT2D eigenvalue weighted by atomic mass is 16.1. The van der Waals surface area contributed by atoms with Crippen LogP contribution in [0.5, 0.6) is 0 Å². The highest BCUT2D eigenvalue weighted by molar-refractivity contribution is 5.98. The van der Waals surface area contributed by atoms with Gasteiger partial charge in [-0.3, -0.25) is 4.79 Å². The summed E-state index contributed by atoms with van der Waals surface area (Å²) < 4.78 is 0. The summed E-state index contributed by atoms with van der Waals surface area (Å²) in [5.74, 6) is -0.00781. The molecule has 0 bridgehead atoms. The molecule has 152 valence electrons. The third-order valence-electron chi connectivity index (χ3n) is 6.00. The second kappa shape index (κ2) is 7.90. The predicted molar refractivity (Wildman–Crippen MR) is 124 cm³/mol. The number of fused-ring (bicyclic) bond motifs is 1. The molecule has 3 rings (SSSR count). The first-order chi connectivity index (χ1) is 13.6. The van der Waals surface area contributed by atoms with Crippen LogP contribution in [-0.2, 0) is 4.79 Å². The molecule has 0 saturated heterocycles. The van der Waals surface area contributed by atoms with E-state index in [4.69, 9.17) is 0 Å². The predicted octanol–water partition coefficient (Wildman–Crippen LogP) is 6.30. The zero-order valence-corrected chi connectivity index (χ0v) is 18.9. The molecule has 3 nitrogen and oxygen atoms in total. The fourth-order valence-corrected chi connectivity index (χ4v) is 4.06. The largest absolute Gasteiger partial charge is 0.361 e. The first kappa shape index (κ1) is 20.9. The molecule has 3 heteroatoms. The first-order valence-electron chi connectivity index (χ1n) is 10.3. The SMILES string of the molecule is C/C(=C\c1c(C)c(C)c(-c2ccc3[nH]cc(C)c3c2)c(C)c1C)C(=O)NC(C)C. The number of aryl methyl sites for hydroxylation is 1. The van der Waals surface area contributed by atoms with Crippen molar-refractivity contribution in [3.63, 3.8) is 0 Å². The molecule has 2 N–H and O–H groups in total. The Labute approximate surface area is 174 Å². The maximum Gasteiger partial charge on any atom is 0.247 e. The third kappa shape index (κ3) is 3.87. The van der Waals surface area contributed by atoms with Crippen LogP contribution < -0.4 is 5.32 Å². The second-order valence-electron chi connectivity index (χ2n) is 8.48. The fraction of sp³-hybridized carbons (Fsp3) is 0.346. The Morgan fingerprint density at radius 2 is 1.62 bits per heavy atom. The number of hydrogen-bond acceptors (Lipinski definition) is 1. The van der Waals surface area contributed by atoms with Crippen LogP contribution in [0.15, 0.2) is 30.0 Å².